The summed E-state index contributed by atoms with van der Waals surface area (Å²) in [5.41, 5.74) is 0.348. The van der Waals surface area contributed by atoms with Gasteiger partial charge in [0.15, 0.2) is 10.3 Å². The highest BCUT2D eigenvalue weighted by atomic mass is 79.9. The fraction of sp³-hybridized carbons (Fsp3) is 0. The molecule has 0 unspecified atom stereocenters. The van der Waals surface area contributed by atoms with Crippen LogP contribution in [0.2, 0.25) is 10.3 Å². The van der Waals surface area contributed by atoms with Crippen molar-refractivity contribution in [1.82, 2.24) is 9.97 Å². The molecule has 1 heterocycles. The summed E-state index contributed by atoms with van der Waals surface area (Å²) in [6, 6.07) is 3.85. The first-order valence-corrected chi connectivity index (χ1v) is 6.46. The smallest absolute Gasteiger partial charge is 0.255 e. The van der Waals surface area contributed by atoms with Crippen LogP contribution in [0.1, 0.15) is 10.4 Å². The molecule has 2 rings (SSSR count). The zero-order chi connectivity index (χ0) is 14.0. The van der Waals surface area contributed by atoms with Crippen LogP contribution in [0.15, 0.2) is 29.0 Å². The van der Waals surface area contributed by atoms with Crippen LogP contribution in [0.4, 0.5) is 10.1 Å². The van der Waals surface area contributed by atoms with Crippen molar-refractivity contribution in [3.05, 3.63) is 50.7 Å². The van der Waals surface area contributed by atoms with Gasteiger partial charge in [0.1, 0.15) is 17.8 Å². The number of anilines is 1. The monoisotopic (exact) mass is 363 g/mol. The highest BCUT2D eigenvalue weighted by Gasteiger charge is 2.14. The molecule has 0 atom stereocenters. The van der Waals surface area contributed by atoms with Crippen LogP contribution in [0, 0.1) is 5.82 Å². The number of aromatic nitrogens is 2. The van der Waals surface area contributed by atoms with Gasteiger partial charge in [0.05, 0.1) is 4.47 Å². The molecule has 0 fully saturated rings. The van der Waals surface area contributed by atoms with Crippen LogP contribution in [0.25, 0.3) is 0 Å². The summed E-state index contributed by atoms with van der Waals surface area (Å²) >= 11 is 14.6. The number of amides is 1. The van der Waals surface area contributed by atoms with Gasteiger partial charge in [-0.3, -0.25) is 4.79 Å². The molecule has 0 aliphatic carbocycles. The average molecular weight is 365 g/mol. The number of carbonyl (C=O) groups is 1. The van der Waals surface area contributed by atoms with Crippen molar-refractivity contribution in [3.63, 3.8) is 0 Å². The van der Waals surface area contributed by atoms with E-state index in [4.69, 9.17) is 23.2 Å². The molecule has 8 heteroatoms. The van der Waals surface area contributed by atoms with Gasteiger partial charge >= 0.3 is 0 Å². The lowest BCUT2D eigenvalue weighted by Crippen LogP contribution is -2.13. The number of benzene rings is 1. The number of nitrogens with zero attached hydrogens (tertiary/aromatic N) is 2. The lowest BCUT2D eigenvalue weighted by atomic mass is 10.2. The third-order valence-electron chi connectivity index (χ3n) is 2.18. The Morgan fingerprint density at radius 2 is 1.89 bits per heavy atom. The molecule has 98 valence electrons. The number of hydrogen-bond donors (Lipinski definition) is 1. The maximum Gasteiger partial charge on any atom is 0.255 e. The number of carbonyl (C=O) groups excluding carboxylic acids is 1. The molecule has 0 bridgehead atoms. The SMILES string of the molecule is O=C(Nc1c(Cl)ncnc1Cl)c1ccc(F)c(Br)c1. The van der Waals surface area contributed by atoms with Crippen LogP contribution in [0.5, 0.6) is 0 Å². The third kappa shape index (κ3) is 3.20. The second-order valence-corrected chi connectivity index (χ2v) is 4.98. The summed E-state index contributed by atoms with van der Waals surface area (Å²) in [7, 11) is 0. The third-order valence-corrected chi connectivity index (χ3v) is 3.36. The Labute approximate surface area is 126 Å². The minimum atomic E-state index is -0.501. The molecule has 4 nitrogen and oxygen atoms in total. The lowest BCUT2D eigenvalue weighted by Gasteiger charge is -2.08. The van der Waals surface area contributed by atoms with E-state index in [9.17, 15) is 9.18 Å². The first-order valence-electron chi connectivity index (χ1n) is 4.91. The Hall–Kier alpha value is -1.24. The zero-order valence-electron chi connectivity index (χ0n) is 9.12. The van der Waals surface area contributed by atoms with E-state index in [-0.39, 0.29) is 26.0 Å². The molecule has 0 saturated heterocycles. The van der Waals surface area contributed by atoms with Crippen molar-refractivity contribution in [1.29, 1.82) is 0 Å². The number of halogens is 4. The van der Waals surface area contributed by atoms with Gasteiger partial charge in [-0.2, -0.15) is 0 Å². The molecule has 2 aromatic rings. The van der Waals surface area contributed by atoms with E-state index < -0.39 is 11.7 Å². The highest BCUT2D eigenvalue weighted by Crippen LogP contribution is 2.26. The van der Waals surface area contributed by atoms with Gasteiger partial charge in [-0.05, 0) is 34.1 Å². The van der Waals surface area contributed by atoms with Gasteiger partial charge in [-0.1, -0.05) is 23.2 Å². The molecule has 1 aromatic heterocycles. The average Bonchev–Trinajstić information content (AvgIpc) is 2.37. The summed E-state index contributed by atoms with van der Waals surface area (Å²) in [5, 5.41) is 2.52. The summed E-state index contributed by atoms with van der Waals surface area (Å²) < 4.78 is 13.3. The minimum Gasteiger partial charge on any atom is -0.317 e. The minimum absolute atomic E-state index is 0.0227. The topological polar surface area (TPSA) is 54.9 Å². The predicted molar refractivity (Wildman–Crippen MR) is 74.1 cm³/mol. The second kappa shape index (κ2) is 5.81. The van der Waals surface area contributed by atoms with E-state index in [1.54, 1.807) is 0 Å². The van der Waals surface area contributed by atoms with E-state index in [0.717, 1.165) is 0 Å². The van der Waals surface area contributed by atoms with Crippen LogP contribution < -0.4 is 5.32 Å². The molecule has 0 spiro atoms. The lowest BCUT2D eigenvalue weighted by molar-refractivity contribution is 0.102. The normalized spacial score (nSPS) is 10.3. The fourth-order valence-electron chi connectivity index (χ4n) is 1.27. The van der Waals surface area contributed by atoms with Crippen molar-refractivity contribution >= 4 is 50.7 Å². The van der Waals surface area contributed by atoms with Crippen LogP contribution in [0.3, 0.4) is 0 Å². The maximum absolute atomic E-state index is 13.1. The van der Waals surface area contributed by atoms with Gasteiger partial charge in [-0.25, -0.2) is 14.4 Å². The molecular weight excluding hydrogens is 360 g/mol. The van der Waals surface area contributed by atoms with E-state index in [0.29, 0.717) is 0 Å². The summed E-state index contributed by atoms with van der Waals surface area (Å²) in [5.74, 6) is -0.963. The Kier molecular flexibility index (Phi) is 4.34. The number of hydrogen-bond acceptors (Lipinski definition) is 3. The Bertz CT molecular complexity index is 634. The van der Waals surface area contributed by atoms with E-state index in [1.165, 1.54) is 24.5 Å². The van der Waals surface area contributed by atoms with Crippen LogP contribution in [-0.2, 0) is 0 Å². The molecule has 0 radical (unpaired) electrons. The van der Waals surface area contributed by atoms with Gasteiger partial charge < -0.3 is 5.32 Å². The van der Waals surface area contributed by atoms with Crippen LogP contribution >= 0.6 is 39.1 Å². The Morgan fingerprint density at radius 3 is 2.47 bits per heavy atom. The quantitative estimate of drug-likeness (QED) is 0.821. The fourth-order valence-corrected chi connectivity index (χ4v) is 2.06. The van der Waals surface area contributed by atoms with Crippen molar-refractivity contribution in [2.75, 3.05) is 5.32 Å². The molecular formula is C11H5BrCl2FN3O. The van der Waals surface area contributed by atoms with Crippen molar-refractivity contribution in [3.8, 4) is 0 Å². The van der Waals surface area contributed by atoms with Crippen molar-refractivity contribution < 1.29 is 9.18 Å². The van der Waals surface area contributed by atoms with E-state index in [1.807, 2.05) is 0 Å². The van der Waals surface area contributed by atoms with E-state index in [2.05, 4.69) is 31.2 Å². The van der Waals surface area contributed by atoms with Crippen LogP contribution in [-0.4, -0.2) is 15.9 Å². The summed E-state index contributed by atoms with van der Waals surface area (Å²) in [6.07, 6.45) is 1.18. The molecule has 0 saturated carbocycles. The second-order valence-electron chi connectivity index (χ2n) is 3.41. The van der Waals surface area contributed by atoms with Gasteiger partial charge in [0.2, 0.25) is 0 Å². The predicted octanol–water partition coefficient (Wildman–Crippen LogP) is 3.94. The molecule has 1 aromatic carbocycles. The summed E-state index contributed by atoms with van der Waals surface area (Å²) in [4.78, 5) is 19.4. The van der Waals surface area contributed by atoms with Crippen molar-refractivity contribution in [2.45, 2.75) is 0 Å². The first kappa shape index (κ1) is 14.2. The Balaban J connectivity index is 2.28. The van der Waals surface area contributed by atoms with Crippen molar-refractivity contribution in [2.24, 2.45) is 0 Å². The number of nitrogens with one attached hydrogen (secondary N) is 1. The summed E-state index contributed by atoms with van der Waals surface area (Å²) in [6.45, 7) is 0. The van der Waals surface area contributed by atoms with Gasteiger partial charge in [0.25, 0.3) is 5.91 Å². The molecule has 0 aliphatic heterocycles. The van der Waals surface area contributed by atoms with Gasteiger partial charge in [-0.15, -0.1) is 0 Å². The van der Waals surface area contributed by atoms with Gasteiger partial charge in [0, 0.05) is 5.56 Å². The largest absolute Gasteiger partial charge is 0.317 e. The molecule has 1 N–H and O–H groups in total. The number of rotatable bonds is 2. The first-order chi connectivity index (χ1) is 8.99. The Morgan fingerprint density at radius 1 is 1.26 bits per heavy atom. The molecule has 1 amide bonds. The molecule has 19 heavy (non-hydrogen) atoms. The molecule has 0 aliphatic rings. The highest BCUT2D eigenvalue weighted by molar-refractivity contribution is 9.10. The zero-order valence-corrected chi connectivity index (χ0v) is 12.2. The van der Waals surface area contributed by atoms with E-state index >= 15 is 0 Å². The standard InChI is InChI=1S/C11H5BrCl2FN3O/c12-6-3-5(1-2-7(6)15)11(19)18-8-9(13)16-4-17-10(8)14/h1-4H,(H,18,19). The maximum atomic E-state index is 13.1.